The molecule has 1 aromatic rings. The first-order valence-electron chi connectivity index (χ1n) is 3.00. The van der Waals surface area contributed by atoms with Gasteiger partial charge in [0.25, 0.3) is 0 Å². The number of aromatic nitrogens is 2. The molecule has 0 bridgehead atoms. The van der Waals surface area contributed by atoms with E-state index in [0.717, 1.165) is 4.57 Å². The van der Waals surface area contributed by atoms with Crippen LogP contribution in [0.2, 0.25) is 0 Å². The summed E-state index contributed by atoms with van der Waals surface area (Å²) >= 11 is 0. The SMILES string of the molecule is NC(=O)Cn1cccnc1=O. The molecule has 0 aromatic carbocycles. The molecule has 0 saturated carbocycles. The molecule has 1 aromatic heterocycles. The number of hydrogen-bond donors (Lipinski definition) is 1. The van der Waals surface area contributed by atoms with Crippen molar-refractivity contribution in [1.29, 1.82) is 0 Å². The van der Waals surface area contributed by atoms with Gasteiger partial charge in [0.2, 0.25) is 5.91 Å². The van der Waals surface area contributed by atoms with Crippen LogP contribution in [0, 0.1) is 0 Å². The predicted octanol–water partition coefficient (Wildman–Crippen LogP) is -1.27. The lowest BCUT2D eigenvalue weighted by atomic mass is 10.5. The van der Waals surface area contributed by atoms with Gasteiger partial charge in [-0.15, -0.1) is 0 Å². The molecule has 11 heavy (non-hydrogen) atoms. The summed E-state index contributed by atoms with van der Waals surface area (Å²) in [6.45, 7) is -0.118. The van der Waals surface area contributed by atoms with Gasteiger partial charge in [-0.2, -0.15) is 0 Å². The third kappa shape index (κ3) is 1.89. The van der Waals surface area contributed by atoms with E-state index >= 15 is 0 Å². The number of carbonyl (C=O) groups excluding carboxylic acids is 1. The van der Waals surface area contributed by atoms with Crippen LogP contribution in [0.5, 0.6) is 0 Å². The number of primary amides is 1. The van der Waals surface area contributed by atoms with Crippen LogP contribution in [-0.2, 0) is 11.3 Å². The van der Waals surface area contributed by atoms with E-state index in [1.54, 1.807) is 6.07 Å². The van der Waals surface area contributed by atoms with Crippen molar-refractivity contribution in [3.8, 4) is 0 Å². The summed E-state index contributed by atoms with van der Waals surface area (Å²) in [6, 6.07) is 1.56. The quantitative estimate of drug-likeness (QED) is 0.575. The highest BCUT2D eigenvalue weighted by atomic mass is 16.2. The maximum absolute atomic E-state index is 10.8. The Hall–Kier alpha value is -1.65. The summed E-state index contributed by atoms with van der Waals surface area (Å²) in [5.74, 6) is -0.555. The smallest absolute Gasteiger partial charge is 0.347 e. The predicted molar refractivity (Wildman–Crippen MR) is 37.7 cm³/mol. The molecule has 0 atom stereocenters. The van der Waals surface area contributed by atoms with Gasteiger partial charge in [0, 0.05) is 12.4 Å². The molecule has 0 radical (unpaired) electrons. The van der Waals surface area contributed by atoms with Crippen molar-refractivity contribution in [1.82, 2.24) is 9.55 Å². The minimum Gasteiger partial charge on any atom is -0.368 e. The van der Waals surface area contributed by atoms with Gasteiger partial charge < -0.3 is 5.73 Å². The van der Waals surface area contributed by atoms with E-state index in [1.165, 1.54) is 12.4 Å². The second-order valence-electron chi connectivity index (χ2n) is 2.00. The average molecular weight is 153 g/mol. The molecular formula is C6H7N3O2. The molecule has 0 unspecified atom stereocenters. The zero-order valence-electron chi connectivity index (χ0n) is 5.73. The first kappa shape index (κ1) is 7.46. The van der Waals surface area contributed by atoms with E-state index in [1.807, 2.05) is 0 Å². The minimum absolute atomic E-state index is 0.118. The first-order valence-corrected chi connectivity index (χ1v) is 3.00. The van der Waals surface area contributed by atoms with Crippen LogP contribution in [0.3, 0.4) is 0 Å². The molecule has 0 spiro atoms. The summed E-state index contributed by atoms with van der Waals surface area (Å²) in [6.07, 6.45) is 2.82. The molecule has 0 saturated heterocycles. The van der Waals surface area contributed by atoms with Gasteiger partial charge >= 0.3 is 5.69 Å². The van der Waals surface area contributed by atoms with Crippen LogP contribution < -0.4 is 11.4 Å². The first-order chi connectivity index (χ1) is 5.20. The summed E-state index contributed by atoms with van der Waals surface area (Å²) in [4.78, 5) is 24.6. The molecule has 1 rings (SSSR count). The van der Waals surface area contributed by atoms with E-state index in [9.17, 15) is 9.59 Å². The Morgan fingerprint density at radius 2 is 2.45 bits per heavy atom. The topological polar surface area (TPSA) is 78.0 Å². The second kappa shape index (κ2) is 2.96. The lowest BCUT2D eigenvalue weighted by Gasteiger charge is -1.97. The van der Waals surface area contributed by atoms with E-state index in [-0.39, 0.29) is 6.54 Å². The van der Waals surface area contributed by atoms with Crippen LogP contribution in [0.4, 0.5) is 0 Å². The van der Waals surface area contributed by atoms with Crippen molar-refractivity contribution in [3.05, 3.63) is 28.9 Å². The molecule has 1 amide bonds. The Kier molecular flexibility index (Phi) is 2.00. The molecule has 0 aliphatic rings. The summed E-state index contributed by atoms with van der Waals surface area (Å²) < 4.78 is 1.14. The fraction of sp³-hybridized carbons (Fsp3) is 0.167. The maximum Gasteiger partial charge on any atom is 0.347 e. The van der Waals surface area contributed by atoms with E-state index in [4.69, 9.17) is 5.73 Å². The van der Waals surface area contributed by atoms with Crippen molar-refractivity contribution in [2.75, 3.05) is 0 Å². The summed E-state index contributed by atoms with van der Waals surface area (Å²) in [5, 5.41) is 0. The molecular weight excluding hydrogens is 146 g/mol. The molecule has 0 aliphatic carbocycles. The van der Waals surface area contributed by atoms with Crippen molar-refractivity contribution in [2.45, 2.75) is 6.54 Å². The molecule has 58 valence electrons. The van der Waals surface area contributed by atoms with Gasteiger partial charge in [0.15, 0.2) is 0 Å². The number of hydrogen-bond acceptors (Lipinski definition) is 3. The van der Waals surface area contributed by atoms with Crippen LogP contribution in [0.1, 0.15) is 0 Å². The molecule has 2 N–H and O–H groups in total. The number of nitrogens with zero attached hydrogens (tertiary/aromatic N) is 2. The largest absolute Gasteiger partial charge is 0.368 e. The standard InChI is InChI=1S/C6H7N3O2/c7-5(10)4-9-3-1-2-8-6(9)11/h1-3H,4H2,(H2,7,10). The highest BCUT2D eigenvalue weighted by molar-refractivity contribution is 5.73. The Balaban J connectivity index is 2.95. The van der Waals surface area contributed by atoms with Crippen LogP contribution in [-0.4, -0.2) is 15.5 Å². The highest BCUT2D eigenvalue weighted by Crippen LogP contribution is 1.76. The monoisotopic (exact) mass is 153 g/mol. The van der Waals surface area contributed by atoms with Crippen molar-refractivity contribution in [2.24, 2.45) is 5.73 Å². The number of amides is 1. The Morgan fingerprint density at radius 1 is 1.73 bits per heavy atom. The third-order valence-electron chi connectivity index (χ3n) is 1.11. The fourth-order valence-corrected chi connectivity index (χ4v) is 0.675. The summed E-state index contributed by atoms with van der Waals surface area (Å²) in [5.41, 5.74) is 4.40. The average Bonchev–Trinajstić information content (AvgIpc) is 1.93. The molecule has 0 aliphatic heterocycles. The number of rotatable bonds is 2. The molecule has 5 heteroatoms. The number of nitrogens with two attached hydrogens (primary N) is 1. The highest BCUT2D eigenvalue weighted by Gasteiger charge is 1.97. The van der Waals surface area contributed by atoms with Crippen LogP contribution in [0.15, 0.2) is 23.3 Å². The fourth-order valence-electron chi connectivity index (χ4n) is 0.675. The van der Waals surface area contributed by atoms with Gasteiger partial charge in [-0.1, -0.05) is 0 Å². The van der Waals surface area contributed by atoms with Crippen LogP contribution in [0.25, 0.3) is 0 Å². The van der Waals surface area contributed by atoms with Crippen molar-refractivity contribution >= 4 is 5.91 Å². The summed E-state index contributed by atoms with van der Waals surface area (Å²) in [7, 11) is 0. The lowest BCUT2D eigenvalue weighted by molar-refractivity contribution is -0.118. The zero-order chi connectivity index (χ0) is 8.27. The Labute approximate surface area is 62.5 Å². The second-order valence-corrected chi connectivity index (χ2v) is 2.00. The van der Waals surface area contributed by atoms with Gasteiger partial charge in [-0.05, 0) is 6.07 Å². The Bertz CT molecular complexity index is 318. The maximum atomic E-state index is 10.8. The van der Waals surface area contributed by atoms with Crippen molar-refractivity contribution < 1.29 is 4.79 Å². The molecule has 1 heterocycles. The molecule has 5 nitrogen and oxygen atoms in total. The Morgan fingerprint density at radius 3 is 3.00 bits per heavy atom. The van der Waals surface area contributed by atoms with Gasteiger partial charge in [0.1, 0.15) is 6.54 Å². The normalized spacial score (nSPS) is 9.45. The third-order valence-corrected chi connectivity index (χ3v) is 1.11. The van der Waals surface area contributed by atoms with E-state index in [0.29, 0.717) is 0 Å². The van der Waals surface area contributed by atoms with Gasteiger partial charge in [-0.25, -0.2) is 9.78 Å². The van der Waals surface area contributed by atoms with Crippen LogP contribution >= 0.6 is 0 Å². The van der Waals surface area contributed by atoms with E-state index < -0.39 is 11.6 Å². The van der Waals surface area contributed by atoms with Crippen molar-refractivity contribution in [3.63, 3.8) is 0 Å². The van der Waals surface area contributed by atoms with Gasteiger partial charge in [0.05, 0.1) is 0 Å². The van der Waals surface area contributed by atoms with E-state index in [2.05, 4.69) is 4.98 Å². The van der Waals surface area contributed by atoms with Gasteiger partial charge in [-0.3, -0.25) is 9.36 Å². The number of carbonyl (C=O) groups is 1. The zero-order valence-corrected chi connectivity index (χ0v) is 5.73. The lowest BCUT2D eigenvalue weighted by Crippen LogP contribution is -2.28. The minimum atomic E-state index is -0.555. The molecule has 0 fully saturated rings.